The second-order valence-corrected chi connectivity index (χ2v) is 14.1. The second kappa shape index (κ2) is 16.0. The molecule has 8 nitrogen and oxygen atoms in total. The van der Waals surface area contributed by atoms with E-state index in [0.717, 1.165) is 27.8 Å². The Hall–Kier alpha value is -4.24. The van der Waals surface area contributed by atoms with Crippen molar-refractivity contribution in [2.75, 3.05) is 11.3 Å². The molecule has 1 amide bonds. The summed E-state index contributed by atoms with van der Waals surface area (Å²) in [6.07, 6.45) is 0.641. The normalized spacial score (nSPS) is 15.6. The zero-order chi connectivity index (χ0) is 34.9. The Bertz CT molecular complexity index is 1750. The molecular weight excluding hydrogens is 609 g/mol. The Kier molecular flexibility index (Phi) is 12.7. The van der Waals surface area contributed by atoms with Crippen LogP contribution < -0.4 is 9.46 Å². The van der Waals surface area contributed by atoms with Crippen molar-refractivity contribution in [1.82, 2.24) is 14.9 Å². The molecule has 4 aromatic rings. The smallest absolute Gasteiger partial charge is 0.264 e. The van der Waals surface area contributed by atoms with Crippen molar-refractivity contribution < 1.29 is 19.4 Å². The Labute approximate surface area is 283 Å². The molecule has 1 aliphatic heterocycles. The highest BCUT2D eigenvalue weighted by Gasteiger charge is 2.31. The SMILES string of the molecule is CC.CC.Cc1ccc(CN2C(=O)c3cccc(c3)S(=O)(=O)Nc3nc(cc(-c4c(C)cccc4C)n3)OC[C@H]2CC(C)(C)C)cc1.[HH]. The highest BCUT2D eigenvalue weighted by Crippen LogP contribution is 2.31. The molecule has 3 aromatic carbocycles. The zero-order valence-electron chi connectivity index (χ0n) is 29.5. The third-order valence-electron chi connectivity index (χ3n) is 7.50. The van der Waals surface area contributed by atoms with Gasteiger partial charge in [0.15, 0.2) is 0 Å². The van der Waals surface area contributed by atoms with E-state index in [4.69, 9.17) is 4.74 Å². The summed E-state index contributed by atoms with van der Waals surface area (Å²) in [6, 6.07) is 21.5. The molecule has 254 valence electrons. The van der Waals surface area contributed by atoms with Gasteiger partial charge in [0.05, 0.1) is 16.6 Å². The summed E-state index contributed by atoms with van der Waals surface area (Å²) < 4.78 is 36.0. The predicted molar refractivity (Wildman–Crippen MR) is 193 cm³/mol. The molecule has 1 aliphatic rings. The molecule has 2 heterocycles. The predicted octanol–water partition coefficient (Wildman–Crippen LogP) is 9.01. The van der Waals surface area contributed by atoms with E-state index in [2.05, 4.69) is 35.5 Å². The zero-order valence-corrected chi connectivity index (χ0v) is 30.3. The number of nitrogens with one attached hydrogen (secondary N) is 1. The molecule has 0 saturated carbocycles. The number of carbonyl (C=O) groups is 1. The quantitative estimate of drug-likeness (QED) is 0.234. The second-order valence-electron chi connectivity index (χ2n) is 12.5. The number of hydrogen-bond acceptors (Lipinski definition) is 6. The lowest BCUT2D eigenvalue weighted by atomic mass is 9.87. The summed E-state index contributed by atoms with van der Waals surface area (Å²) in [4.78, 5) is 25.0. The third kappa shape index (κ3) is 9.64. The lowest BCUT2D eigenvalue weighted by molar-refractivity contribution is 0.0513. The maximum Gasteiger partial charge on any atom is 0.264 e. The van der Waals surface area contributed by atoms with Crippen molar-refractivity contribution in [2.24, 2.45) is 5.41 Å². The summed E-state index contributed by atoms with van der Waals surface area (Å²) in [7, 11) is -4.13. The summed E-state index contributed by atoms with van der Waals surface area (Å²) >= 11 is 0. The minimum absolute atomic E-state index is 0. The molecule has 1 aromatic heterocycles. The number of fused-ring (bicyclic) bond motifs is 4. The van der Waals surface area contributed by atoms with Crippen LogP contribution >= 0.6 is 0 Å². The number of anilines is 1. The Balaban J connectivity index is 0.00000154. The van der Waals surface area contributed by atoms with Crippen LogP contribution in [0.4, 0.5) is 5.95 Å². The van der Waals surface area contributed by atoms with Crippen LogP contribution in [0.25, 0.3) is 11.3 Å². The van der Waals surface area contributed by atoms with Gasteiger partial charge in [-0.3, -0.25) is 4.79 Å². The fourth-order valence-corrected chi connectivity index (χ4v) is 6.43. The minimum atomic E-state index is -4.13. The van der Waals surface area contributed by atoms with E-state index in [1.54, 1.807) is 23.1 Å². The summed E-state index contributed by atoms with van der Waals surface area (Å²) in [5.41, 5.74) is 5.63. The van der Waals surface area contributed by atoms with Gasteiger partial charge in [-0.2, -0.15) is 4.98 Å². The first-order valence-corrected chi connectivity index (χ1v) is 17.9. The minimum Gasteiger partial charge on any atom is -0.475 e. The first-order valence-electron chi connectivity index (χ1n) is 16.4. The van der Waals surface area contributed by atoms with Gasteiger partial charge in [-0.1, -0.05) is 103 Å². The van der Waals surface area contributed by atoms with Crippen LogP contribution in [-0.2, 0) is 16.6 Å². The third-order valence-corrected chi connectivity index (χ3v) is 8.83. The number of aryl methyl sites for hydroxylation is 3. The van der Waals surface area contributed by atoms with Crippen LogP contribution in [0, 0.1) is 26.2 Å². The van der Waals surface area contributed by atoms with Gasteiger partial charge in [0, 0.05) is 25.2 Å². The topological polar surface area (TPSA) is 101 Å². The highest BCUT2D eigenvalue weighted by atomic mass is 32.2. The average Bonchev–Trinajstić information content (AvgIpc) is 3.03. The largest absolute Gasteiger partial charge is 0.475 e. The highest BCUT2D eigenvalue weighted by molar-refractivity contribution is 7.92. The molecule has 1 atom stereocenters. The summed E-state index contributed by atoms with van der Waals surface area (Å²) in [5.74, 6) is -0.156. The number of sulfonamides is 1. The summed E-state index contributed by atoms with van der Waals surface area (Å²) in [5, 5.41) is 0. The average molecular weight is 661 g/mol. The fourth-order valence-electron chi connectivity index (χ4n) is 5.44. The van der Waals surface area contributed by atoms with Gasteiger partial charge in [0.2, 0.25) is 11.8 Å². The molecule has 5 rings (SSSR count). The van der Waals surface area contributed by atoms with Gasteiger partial charge in [-0.25, -0.2) is 18.1 Å². The molecule has 1 N–H and O–H groups in total. The van der Waals surface area contributed by atoms with Crippen LogP contribution in [0.5, 0.6) is 5.88 Å². The molecule has 0 radical (unpaired) electrons. The van der Waals surface area contributed by atoms with Crippen molar-refractivity contribution in [3.8, 4) is 17.1 Å². The molecule has 0 unspecified atom stereocenters. The lowest BCUT2D eigenvalue weighted by Gasteiger charge is -2.36. The molecule has 0 saturated heterocycles. The molecule has 0 spiro atoms. The van der Waals surface area contributed by atoms with Crippen molar-refractivity contribution in [1.29, 1.82) is 0 Å². The molecule has 9 heteroatoms. The number of aromatic nitrogens is 2. The van der Waals surface area contributed by atoms with Crippen LogP contribution in [0.2, 0.25) is 0 Å². The lowest BCUT2D eigenvalue weighted by Crippen LogP contribution is -2.45. The number of benzene rings is 3. The summed E-state index contributed by atoms with van der Waals surface area (Å²) in [6.45, 7) is 20.9. The van der Waals surface area contributed by atoms with Crippen molar-refractivity contribution in [2.45, 2.75) is 93.1 Å². The molecule has 0 aliphatic carbocycles. The van der Waals surface area contributed by atoms with E-state index in [1.807, 2.05) is 90.9 Å². The maximum atomic E-state index is 14.2. The van der Waals surface area contributed by atoms with Gasteiger partial charge < -0.3 is 9.64 Å². The van der Waals surface area contributed by atoms with E-state index < -0.39 is 10.0 Å². The Morgan fingerprint density at radius 3 is 2.13 bits per heavy atom. The van der Waals surface area contributed by atoms with Crippen LogP contribution in [0.3, 0.4) is 0 Å². The van der Waals surface area contributed by atoms with E-state index >= 15 is 0 Å². The van der Waals surface area contributed by atoms with Gasteiger partial charge in [-0.05, 0) is 67.5 Å². The van der Waals surface area contributed by atoms with Crippen LogP contribution in [0.1, 0.15) is 88.9 Å². The number of hydrogen-bond donors (Lipinski definition) is 1. The number of carbonyl (C=O) groups excluding carboxylic acids is 1. The monoisotopic (exact) mass is 660 g/mol. The van der Waals surface area contributed by atoms with E-state index in [-0.39, 0.29) is 47.7 Å². The van der Waals surface area contributed by atoms with E-state index in [1.165, 1.54) is 12.1 Å². The number of rotatable bonds is 4. The molecule has 4 bridgehead atoms. The van der Waals surface area contributed by atoms with Crippen molar-refractivity contribution in [3.63, 3.8) is 0 Å². The van der Waals surface area contributed by atoms with Crippen molar-refractivity contribution in [3.05, 3.63) is 101 Å². The van der Waals surface area contributed by atoms with E-state index in [9.17, 15) is 13.2 Å². The standard InChI is InChI=1S/C34H38N4O4S.2C2H6.H2/c1-22-13-15-25(16-14-22)20-38-27(19-34(4,5)6)21-42-30-18-29(31-23(2)9-7-10-24(31)3)35-33(36-30)37-43(40,41)28-12-8-11-26(17-28)32(38)39;2*1-2;/h7-18,27H,19-21H2,1-6H3,(H,35,36,37);2*1-2H3;1H/t27-;;;/m1.../s1. The Morgan fingerprint density at radius 1 is 0.894 bits per heavy atom. The fraction of sp³-hybridized carbons (Fsp3) is 0.395. The number of amides is 1. The van der Waals surface area contributed by atoms with Gasteiger partial charge in [0.25, 0.3) is 15.9 Å². The van der Waals surface area contributed by atoms with Gasteiger partial charge in [-0.15, -0.1) is 0 Å². The van der Waals surface area contributed by atoms with E-state index in [0.29, 0.717) is 18.7 Å². The van der Waals surface area contributed by atoms with Crippen molar-refractivity contribution >= 4 is 21.9 Å². The number of ether oxygens (including phenoxy) is 1. The molecular formula is C38H52N4O4S. The van der Waals surface area contributed by atoms with Gasteiger partial charge >= 0.3 is 0 Å². The first kappa shape index (κ1) is 37.2. The van der Waals surface area contributed by atoms with Gasteiger partial charge in [0.1, 0.15) is 6.61 Å². The first-order chi connectivity index (χ1) is 22.3. The molecule has 47 heavy (non-hydrogen) atoms. The Morgan fingerprint density at radius 2 is 1.51 bits per heavy atom. The molecule has 0 fully saturated rings. The van der Waals surface area contributed by atoms with Crippen LogP contribution in [-0.4, -0.2) is 41.8 Å². The number of nitrogens with zero attached hydrogens (tertiary/aromatic N) is 3. The van der Waals surface area contributed by atoms with Crippen LogP contribution in [0.15, 0.2) is 77.7 Å². The maximum absolute atomic E-state index is 14.2.